The summed E-state index contributed by atoms with van der Waals surface area (Å²) in [6.45, 7) is 0.835. The zero-order valence-electron chi connectivity index (χ0n) is 8.58. The number of pyridine rings is 1. The number of rotatable bonds is 3. The molecule has 0 atom stereocenters. The van der Waals surface area contributed by atoms with Crippen LogP contribution in [0.15, 0.2) is 18.3 Å². The number of hydrogen-bond acceptors (Lipinski definition) is 3. The molecule has 1 aliphatic rings. The van der Waals surface area contributed by atoms with Gasteiger partial charge in [-0.15, -0.1) is 0 Å². The van der Waals surface area contributed by atoms with Crippen molar-refractivity contribution in [2.24, 2.45) is 0 Å². The van der Waals surface area contributed by atoms with E-state index in [2.05, 4.69) is 10.3 Å². The molecule has 0 bridgehead atoms. The number of nitrogens with zero attached hydrogens (tertiary/aromatic N) is 1. The van der Waals surface area contributed by atoms with Gasteiger partial charge < -0.3 is 5.32 Å². The highest BCUT2D eigenvalue weighted by Crippen LogP contribution is 2.18. The molecule has 82 valence electrons. The van der Waals surface area contributed by atoms with Crippen LogP contribution in [0.4, 0.5) is 0 Å². The lowest BCUT2D eigenvalue weighted by Crippen LogP contribution is -2.32. The van der Waals surface area contributed by atoms with Gasteiger partial charge in [-0.1, -0.05) is 17.7 Å². The summed E-state index contributed by atoms with van der Waals surface area (Å²) in [6.07, 6.45) is 4.26. The summed E-state index contributed by atoms with van der Waals surface area (Å²) in [7, 11) is 0. The van der Waals surface area contributed by atoms with Gasteiger partial charge in [-0.2, -0.15) is 11.8 Å². The highest BCUT2D eigenvalue weighted by atomic mass is 35.5. The van der Waals surface area contributed by atoms with Crippen molar-refractivity contribution in [2.75, 3.05) is 11.5 Å². The van der Waals surface area contributed by atoms with Crippen molar-refractivity contribution in [1.29, 1.82) is 0 Å². The SMILES string of the molecule is Clc1ncccc1CNC1CCSCC1. The Hall–Kier alpha value is -0.250. The average Bonchev–Trinajstić information content (AvgIpc) is 2.29. The third-order valence-electron chi connectivity index (χ3n) is 2.64. The predicted molar refractivity (Wildman–Crippen MR) is 66.4 cm³/mol. The van der Waals surface area contributed by atoms with E-state index >= 15 is 0 Å². The lowest BCUT2D eigenvalue weighted by molar-refractivity contribution is 0.482. The van der Waals surface area contributed by atoms with Crippen LogP contribution >= 0.6 is 23.4 Å². The molecule has 0 amide bonds. The summed E-state index contributed by atoms with van der Waals surface area (Å²) < 4.78 is 0. The normalized spacial score (nSPS) is 17.9. The number of halogens is 1. The Morgan fingerprint density at radius 1 is 1.47 bits per heavy atom. The Balaban J connectivity index is 1.84. The van der Waals surface area contributed by atoms with Gasteiger partial charge in [0.15, 0.2) is 0 Å². The van der Waals surface area contributed by atoms with Gasteiger partial charge in [0, 0.05) is 24.3 Å². The van der Waals surface area contributed by atoms with Crippen molar-refractivity contribution < 1.29 is 0 Å². The largest absolute Gasteiger partial charge is 0.310 e. The second-order valence-corrected chi connectivity index (χ2v) is 5.30. The maximum absolute atomic E-state index is 5.99. The zero-order chi connectivity index (χ0) is 10.5. The van der Waals surface area contributed by atoms with E-state index in [0.29, 0.717) is 11.2 Å². The number of thioether (sulfide) groups is 1. The molecule has 15 heavy (non-hydrogen) atoms. The molecule has 1 saturated heterocycles. The van der Waals surface area contributed by atoms with Crippen molar-refractivity contribution in [3.63, 3.8) is 0 Å². The van der Waals surface area contributed by atoms with Gasteiger partial charge in [0.05, 0.1) is 0 Å². The molecule has 1 aromatic rings. The van der Waals surface area contributed by atoms with Gasteiger partial charge in [-0.3, -0.25) is 0 Å². The molecule has 0 unspecified atom stereocenters. The lowest BCUT2D eigenvalue weighted by Gasteiger charge is -2.22. The molecule has 0 saturated carbocycles. The summed E-state index contributed by atoms with van der Waals surface area (Å²) in [5.74, 6) is 2.55. The quantitative estimate of drug-likeness (QED) is 0.826. The van der Waals surface area contributed by atoms with E-state index in [0.717, 1.165) is 12.1 Å². The minimum atomic E-state index is 0.621. The predicted octanol–water partition coefficient (Wildman–Crippen LogP) is 2.72. The molecule has 1 fully saturated rings. The number of nitrogens with one attached hydrogen (secondary N) is 1. The smallest absolute Gasteiger partial charge is 0.133 e. The number of hydrogen-bond donors (Lipinski definition) is 1. The maximum Gasteiger partial charge on any atom is 0.133 e. The lowest BCUT2D eigenvalue weighted by atomic mass is 10.1. The first-order chi connectivity index (χ1) is 7.36. The fourth-order valence-corrected chi connectivity index (χ4v) is 3.00. The van der Waals surface area contributed by atoms with Crippen LogP contribution in [0.2, 0.25) is 5.15 Å². The summed E-state index contributed by atoms with van der Waals surface area (Å²) in [6, 6.07) is 4.61. The molecule has 4 heteroatoms. The van der Waals surface area contributed by atoms with E-state index in [1.807, 2.05) is 23.9 Å². The van der Waals surface area contributed by atoms with Crippen molar-refractivity contribution in [2.45, 2.75) is 25.4 Å². The van der Waals surface area contributed by atoms with Crippen LogP contribution < -0.4 is 5.32 Å². The van der Waals surface area contributed by atoms with E-state index in [1.54, 1.807) is 6.20 Å². The van der Waals surface area contributed by atoms with Crippen LogP contribution in [-0.4, -0.2) is 22.5 Å². The fraction of sp³-hybridized carbons (Fsp3) is 0.545. The molecule has 2 rings (SSSR count). The average molecular weight is 243 g/mol. The molecule has 0 spiro atoms. The molecule has 1 aromatic heterocycles. The second kappa shape index (κ2) is 5.73. The third-order valence-corrected chi connectivity index (χ3v) is 4.03. The van der Waals surface area contributed by atoms with Crippen molar-refractivity contribution in [3.8, 4) is 0 Å². The standard InChI is InChI=1S/C11H15ClN2S/c12-11-9(2-1-5-13-11)8-14-10-3-6-15-7-4-10/h1-2,5,10,14H,3-4,6-8H2. The zero-order valence-corrected chi connectivity index (χ0v) is 10.2. The first kappa shape index (κ1) is 11.2. The Morgan fingerprint density at radius 2 is 2.27 bits per heavy atom. The fourth-order valence-electron chi connectivity index (χ4n) is 1.71. The molecule has 0 radical (unpaired) electrons. The molecule has 2 nitrogen and oxygen atoms in total. The minimum absolute atomic E-state index is 0.621. The van der Waals surface area contributed by atoms with Crippen molar-refractivity contribution in [1.82, 2.24) is 10.3 Å². The highest BCUT2D eigenvalue weighted by Gasteiger charge is 2.13. The number of aromatic nitrogens is 1. The van der Waals surface area contributed by atoms with Crippen LogP contribution in [0.1, 0.15) is 18.4 Å². The molecular weight excluding hydrogens is 228 g/mol. The van der Waals surface area contributed by atoms with E-state index < -0.39 is 0 Å². The summed E-state index contributed by atoms with van der Waals surface area (Å²) in [4.78, 5) is 4.06. The van der Waals surface area contributed by atoms with Gasteiger partial charge >= 0.3 is 0 Å². The molecule has 0 aliphatic carbocycles. The molecule has 1 aliphatic heterocycles. The first-order valence-electron chi connectivity index (χ1n) is 5.27. The minimum Gasteiger partial charge on any atom is -0.310 e. The summed E-state index contributed by atoms with van der Waals surface area (Å²) in [5.41, 5.74) is 1.09. The van der Waals surface area contributed by atoms with Gasteiger partial charge in [-0.05, 0) is 30.4 Å². The molecule has 0 aromatic carbocycles. The first-order valence-corrected chi connectivity index (χ1v) is 6.80. The van der Waals surface area contributed by atoms with E-state index in [1.165, 1.54) is 24.3 Å². The third kappa shape index (κ3) is 3.37. The Kier molecular flexibility index (Phi) is 4.29. The van der Waals surface area contributed by atoms with Gasteiger partial charge in [0.1, 0.15) is 5.15 Å². The van der Waals surface area contributed by atoms with E-state index in [4.69, 9.17) is 11.6 Å². The molecule has 2 heterocycles. The van der Waals surface area contributed by atoms with E-state index in [-0.39, 0.29) is 0 Å². The van der Waals surface area contributed by atoms with Gasteiger partial charge in [-0.25, -0.2) is 4.98 Å². The topological polar surface area (TPSA) is 24.9 Å². The molecule has 1 N–H and O–H groups in total. The van der Waals surface area contributed by atoms with Crippen molar-refractivity contribution >= 4 is 23.4 Å². The van der Waals surface area contributed by atoms with Gasteiger partial charge in [0.25, 0.3) is 0 Å². The van der Waals surface area contributed by atoms with Crippen LogP contribution in [0.5, 0.6) is 0 Å². The highest BCUT2D eigenvalue weighted by molar-refractivity contribution is 7.99. The monoisotopic (exact) mass is 242 g/mol. The summed E-state index contributed by atoms with van der Waals surface area (Å²) in [5, 5.41) is 4.16. The maximum atomic E-state index is 5.99. The molecular formula is C11H15ClN2S. The Morgan fingerprint density at radius 3 is 3.00 bits per heavy atom. The van der Waals surface area contributed by atoms with Crippen LogP contribution in [-0.2, 0) is 6.54 Å². The van der Waals surface area contributed by atoms with Crippen LogP contribution in [0.25, 0.3) is 0 Å². The summed E-state index contributed by atoms with van der Waals surface area (Å²) >= 11 is 8.03. The Bertz CT molecular complexity index is 313. The second-order valence-electron chi connectivity index (χ2n) is 3.72. The van der Waals surface area contributed by atoms with Crippen LogP contribution in [0.3, 0.4) is 0 Å². The van der Waals surface area contributed by atoms with E-state index in [9.17, 15) is 0 Å². The van der Waals surface area contributed by atoms with Gasteiger partial charge in [0.2, 0.25) is 0 Å². The Labute approximate surface area is 99.8 Å². The van der Waals surface area contributed by atoms with Crippen molar-refractivity contribution in [3.05, 3.63) is 29.0 Å². The van der Waals surface area contributed by atoms with Crippen LogP contribution in [0, 0.1) is 0 Å².